The van der Waals surface area contributed by atoms with Crippen molar-refractivity contribution < 1.29 is 4.79 Å². The summed E-state index contributed by atoms with van der Waals surface area (Å²) in [4.78, 5) is 11.8. The highest BCUT2D eigenvalue weighted by Crippen LogP contribution is 2.30. The van der Waals surface area contributed by atoms with Crippen LogP contribution in [-0.4, -0.2) is 12.3 Å². The molecular formula is C12H23NO. The van der Waals surface area contributed by atoms with Crippen LogP contribution in [0, 0.1) is 11.8 Å². The molecule has 0 aromatic rings. The Hall–Kier alpha value is -0.370. The van der Waals surface area contributed by atoms with Crippen LogP contribution in [0.5, 0.6) is 0 Å². The molecule has 14 heavy (non-hydrogen) atoms. The maximum atomic E-state index is 11.8. The van der Waals surface area contributed by atoms with Gasteiger partial charge < -0.3 is 5.73 Å². The molecular weight excluding hydrogens is 174 g/mol. The van der Waals surface area contributed by atoms with Crippen molar-refractivity contribution in [1.82, 2.24) is 0 Å². The molecule has 2 N–H and O–H groups in total. The number of hydrogen-bond donors (Lipinski definition) is 1. The number of hydrogen-bond acceptors (Lipinski definition) is 2. The molecule has 1 rings (SSSR count). The summed E-state index contributed by atoms with van der Waals surface area (Å²) >= 11 is 0. The second kappa shape index (κ2) is 6.18. The van der Waals surface area contributed by atoms with Crippen molar-refractivity contribution in [3.05, 3.63) is 0 Å². The van der Waals surface area contributed by atoms with Crippen molar-refractivity contribution in [3.8, 4) is 0 Å². The second-order valence-electron chi connectivity index (χ2n) is 4.68. The zero-order valence-corrected chi connectivity index (χ0v) is 9.30. The van der Waals surface area contributed by atoms with Crippen LogP contribution in [0.4, 0.5) is 0 Å². The maximum absolute atomic E-state index is 11.8. The number of ketones is 1. The molecule has 0 aromatic carbocycles. The molecule has 2 unspecified atom stereocenters. The number of carbonyl (C=O) groups excluding carboxylic acids is 1. The second-order valence-corrected chi connectivity index (χ2v) is 4.68. The summed E-state index contributed by atoms with van der Waals surface area (Å²) in [6.45, 7) is 2.98. The average Bonchev–Trinajstić information content (AvgIpc) is 2.18. The van der Waals surface area contributed by atoms with Gasteiger partial charge in [-0.05, 0) is 38.1 Å². The quantitative estimate of drug-likeness (QED) is 0.688. The van der Waals surface area contributed by atoms with E-state index < -0.39 is 0 Å². The van der Waals surface area contributed by atoms with Crippen molar-refractivity contribution in [3.63, 3.8) is 0 Å². The molecule has 0 bridgehead atoms. The molecule has 0 aromatic heterocycles. The highest BCUT2D eigenvalue weighted by Gasteiger charge is 2.23. The maximum Gasteiger partial charge on any atom is 0.135 e. The molecule has 1 saturated carbocycles. The van der Waals surface area contributed by atoms with Gasteiger partial charge in [-0.25, -0.2) is 0 Å². The van der Waals surface area contributed by atoms with Crippen LogP contribution in [-0.2, 0) is 4.79 Å². The molecule has 0 amide bonds. The Bertz CT molecular complexity index is 179. The van der Waals surface area contributed by atoms with Gasteiger partial charge in [0.15, 0.2) is 0 Å². The molecule has 1 fully saturated rings. The van der Waals surface area contributed by atoms with Crippen LogP contribution in [0.1, 0.15) is 51.9 Å². The first kappa shape index (κ1) is 11.7. The molecule has 0 spiro atoms. The van der Waals surface area contributed by atoms with E-state index >= 15 is 0 Å². The van der Waals surface area contributed by atoms with E-state index in [1.165, 1.54) is 12.8 Å². The SMILES string of the molecule is CC1CCCC(C(=O)CCCCN)C1. The van der Waals surface area contributed by atoms with Gasteiger partial charge in [-0.2, -0.15) is 0 Å². The fourth-order valence-electron chi connectivity index (χ4n) is 2.37. The third-order valence-corrected chi connectivity index (χ3v) is 3.27. The molecule has 0 aliphatic heterocycles. The topological polar surface area (TPSA) is 43.1 Å². The third-order valence-electron chi connectivity index (χ3n) is 3.27. The molecule has 0 heterocycles. The smallest absolute Gasteiger partial charge is 0.135 e. The number of nitrogens with two attached hydrogens (primary N) is 1. The summed E-state index contributed by atoms with van der Waals surface area (Å²) in [5.41, 5.74) is 5.40. The van der Waals surface area contributed by atoms with E-state index in [1.807, 2.05) is 0 Å². The first-order valence-electron chi connectivity index (χ1n) is 5.96. The van der Waals surface area contributed by atoms with E-state index in [1.54, 1.807) is 0 Å². The fraction of sp³-hybridized carbons (Fsp3) is 0.917. The number of unbranched alkanes of at least 4 members (excludes halogenated alkanes) is 1. The highest BCUT2D eigenvalue weighted by molar-refractivity contribution is 5.81. The van der Waals surface area contributed by atoms with Crippen LogP contribution in [0.2, 0.25) is 0 Å². The summed E-state index contributed by atoms with van der Waals surface area (Å²) in [6.07, 6.45) is 7.55. The van der Waals surface area contributed by atoms with Crippen molar-refractivity contribution in [2.45, 2.75) is 51.9 Å². The minimum atomic E-state index is 0.372. The molecule has 1 aliphatic carbocycles. The molecule has 0 radical (unpaired) electrons. The first-order valence-corrected chi connectivity index (χ1v) is 5.96. The molecule has 82 valence electrons. The van der Waals surface area contributed by atoms with Crippen LogP contribution in [0.15, 0.2) is 0 Å². The zero-order valence-electron chi connectivity index (χ0n) is 9.30. The van der Waals surface area contributed by atoms with Crippen molar-refractivity contribution in [2.75, 3.05) is 6.54 Å². The molecule has 2 atom stereocenters. The molecule has 0 saturated heterocycles. The van der Waals surface area contributed by atoms with Gasteiger partial charge in [-0.3, -0.25) is 4.79 Å². The molecule has 1 aliphatic rings. The van der Waals surface area contributed by atoms with Crippen molar-refractivity contribution in [2.24, 2.45) is 17.6 Å². The third kappa shape index (κ3) is 3.79. The standard InChI is InChI=1S/C12H23NO/c1-10-5-4-6-11(9-10)12(14)7-2-3-8-13/h10-11H,2-9,13H2,1H3. The Morgan fingerprint density at radius 3 is 2.79 bits per heavy atom. The van der Waals surface area contributed by atoms with Crippen LogP contribution in [0.3, 0.4) is 0 Å². The average molecular weight is 197 g/mol. The van der Waals surface area contributed by atoms with Gasteiger partial charge in [0.1, 0.15) is 5.78 Å². The highest BCUT2D eigenvalue weighted by atomic mass is 16.1. The lowest BCUT2D eigenvalue weighted by molar-refractivity contribution is -0.124. The van der Waals surface area contributed by atoms with E-state index in [9.17, 15) is 4.79 Å². The van der Waals surface area contributed by atoms with E-state index in [4.69, 9.17) is 5.73 Å². The Balaban J connectivity index is 2.22. The molecule has 2 heteroatoms. The van der Waals surface area contributed by atoms with Gasteiger partial charge in [0.2, 0.25) is 0 Å². The summed E-state index contributed by atoms with van der Waals surface area (Å²) in [6, 6.07) is 0. The van der Waals surface area contributed by atoms with Gasteiger partial charge in [-0.1, -0.05) is 19.8 Å². The molecule has 2 nitrogen and oxygen atoms in total. The number of carbonyl (C=O) groups is 1. The van der Waals surface area contributed by atoms with E-state index in [-0.39, 0.29) is 0 Å². The normalized spacial score (nSPS) is 27.6. The Kier molecular flexibility index (Phi) is 5.16. The van der Waals surface area contributed by atoms with Crippen molar-refractivity contribution >= 4 is 5.78 Å². The predicted molar refractivity (Wildman–Crippen MR) is 59.0 cm³/mol. The minimum Gasteiger partial charge on any atom is -0.330 e. The largest absolute Gasteiger partial charge is 0.330 e. The van der Waals surface area contributed by atoms with Gasteiger partial charge in [0.25, 0.3) is 0 Å². The van der Waals surface area contributed by atoms with Gasteiger partial charge in [0, 0.05) is 12.3 Å². The predicted octanol–water partition coefficient (Wildman–Crippen LogP) is 2.51. The van der Waals surface area contributed by atoms with Gasteiger partial charge in [-0.15, -0.1) is 0 Å². The number of rotatable bonds is 5. The lowest BCUT2D eigenvalue weighted by atomic mass is 9.79. The van der Waals surface area contributed by atoms with Crippen molar-refractivity contribution in [1.29, 1.82) is 0 Å². The van der Waals surface area contributed by atoms with Crippen LogP contribution >= 0.6 is 0 Å². The monoisotopic (exact) mass is 197 g/mol. The summed E-state index contributed by atoms with van der Waals surface area (Å²) in [7, 11) is 0. The fourth-order valence-corrected chi connectivity index (χ4v) is 2.37. The van der Waals surface area contributed by atoms with E-state index in [2.05, 4.69) is 6.92 Å². The Morgan fingerprint density at radius 2 is 2.14 bits per heavy atom. The minimum absolute atomic E-state index is 0.372. The van der Waals surface area contributed by atoms with Crippen LogP contribution in [0.25, 0.3) is 0 Å². The Labute approximate surface area is 87.2 Å². The zero-order chi connectivity index (χ0) is 10.4. The van der Waals surface area contributed by atoms with Gasteiger partial charge >= 0.3 is 0 Å². The van der Waals surface area contributed by atoms with Crippen LogP contribution < -0.4 is 5.73 Å². The Morgan fingerprint density at radius 1 is 1.36 bits per heavy atom. The summed E-state index contributed by atoms with van der Waals surface area (Å²) in [5, 5.41) is 0. The van der Waals surface area contributed by atoms with Gasteiger partial charge in [0.05, 0.1) is 0 Å². The lowest BCUT2D eigenvalue weighted by Crippen LogP contribution is -2.21. The van der Waals surface area contributed by atoms with E-state index in [0.717, 1.165) is 38.0 Å². The number of Topliss-reactive ketones (excluding diaryl/α,β-unsaturated/α-hetero) is 1. The lowest BCUT2D eigenvalue weighted by Gasteiger charge is -2.25. The summed E-state index contributed by atoms with van der Waals surface area (Å²) < 4.78 is 0. The summed E-state index contributed by atoms with van der Waals surface area (Å²) in [5.74, 6) is 1.62. The first-order chi connectivity index (χ1) is 6.74. The van der Waals surface area contributed by atoms with E-state index in [0.29, 0.717) is 18.2 Å².